The number of methoxy groups -OCH3 is 1. The predicted molar refractivity (Wildman–Crippen MR) is 91.6 cm³/mol. The van der Waals surface area contributed by atoms with E-state index in [0.717, 1.165) is 22.2 Å². The molecule has 5 nitrogen and oxygen atoms in total. The highest BCUT2D eigenvalue weighted by molar-refractivity contribution is 8.26. The summed E-state index contributed by atoms with van der Waals surface area (Å²) in [6.45, 7) is 3.43. The molecule has 1 atom stereocenters. The van der Waals surface area contributed by atoms with Crippen LogP contribution in [0.2, 0.25) is 0 Å². The van der Waals surface area contributed by atoms with Crippen molar-refractivity contribution in [3.63, 3.8) is 0 Å². The molecule has 0 saturated carbocycles. The van der Waals surface area contributed by atoms with Crippen LogP contribution in [0.3, 0.4) is 0 Å². The van der Waals surface area contributed by atoms with Crippen molar-refractivity contribution >= 4 is 46.3 Å². The molecule has 0 aliphatic carbocycles. The van der Waals surface area contributed by atoms with Gasteiger partial charge in [-0.25, -0.2) is 0 Å². The summed E-state index contributed by atoms with van der Waals surface area (Å²) < 4.78 is 5.38. The first kappa shape index (κ1) is 17.5. The third-order valence-electron chi connectivity index (χ3n) is 3.37. The third kappa shape index (κ3) is 3.73. The summed E-state index contributed by atoms with van der Waals surface area (Å²) >= 11 is 6.28. The number of carbonyl (C=O) groups excluding carboxylic acids is 2. The molecule has 0 N–H and O–H groups in total. The van der Waals surface area contributed by atoms with Crippen molar-refractivity contribution in [2.45, 2.75) is 19.9 Å². The zero-order valence-corrected chi connectivity index (χ0v) is 14.6. The zero-order chi connectivity index (χ0) is 17.1. The first-order valence-electron chi connectivity index (χ1n) is 6.97. The number of hydrogen-bond donors (Lipinski definition) is 0. The molecule has 7 heteroatoms. The van der Waals surface area contributed by atoms with E-state index in [9.17, 15) is 14.7 Å². The molecule has 1 aromatic rings. The van der Waals surface area contributed by atoms with Crippen LogP contribution in [0.15, 0.2) is 29.2 Å². The minimum Gasteiger partial charge on any atom is -0.548 e. The summed E-state index contributed by atoms with van der Waals surface area (Å²) in [7, 11) is 1.56. The summed E-state index contributed by atoms with van der Waals surface area (Å²) in [6, 6.07) is 6.15. The number of amides is 1. The fourth-order valence-corrected chi connectivity index (χ4v) is 3.61. The van der Waals surface area contributed by atoms with Crippen molar-refractivity contribution in [1.29, 1.82) is 0 Å². The fourth-order valence-electron chi connectivity index (χ4n) is 2.28. The monoisotopic (exact) mass is 350 g/mol. The van der Waals surface area contributed by atoms with Crippen LogP contribution in [0, 0.1) is 5.92 Å². The Morgan fingerprint density at radius 3 is 2.70 bits per heavy atom. The van der Waals surface area contributed by atoms with Crippen molar-refractivity contribution in [3.05, 3.63) is 34.7 Å². The number of carboxylic acids is 1. The van der Waals surface area contributed by atoms with Crippen LogP contribution in [-0.2, 0) is 9.59 Å². The first-order chi connectivity index (χ1) is 10.8. The number of ether oxygens (including phenoxy) is 1. The van der Waals surface area contributed by atoms with Gasteiger partial charge >= 0.3 is 0 Å². The largest absolute Gasteiger partial charge is 0.548 e. The van der Waals surface area contributed by atoms with Gasteiger partial charge in [-0.1, -0.05) is 50.0 Å². The second-order valence-corrected chi connectivity index (χ2v) is 7.01. The van der Waals surface area contributed by atoms with Crippen LogP contribution in [0.4, 0.5) is 0 Å². The van der Waals surface area contributed by atoms with E-state index in [1.54, 1.807) is 39.2 Å². The predicted octanol–water partition coefficient (Wildman–Crippen LogP) is 1.67. The molecule has 1 aliphatic heterocycles. The number of carbonyl (C=O) groups is 2. The number of thioether (sulfide) groups is 1. The molecule has 0 unspecified atom stereocenters. The van der Waals surface area contributed by atoms with E-state index in [-0.39, 0.29) is 10.2 Å². The highest BCUT2D eigenvalue weighted by Crippen LogP contribution is 2.35. The lowest BCUT2D eigenvalue weighted by Gasteiger charge is -2.30. The quantitative estimate of drug-likeness (QED) is 0.594. The Balaban J connectivity index is 2.33. The minimum atomic E-state index is -1.31. The van der Waals surface area contributed by atoms with Crippen LogP contribution >= 0.6 is 24.0 Å². The van der Waals surface area contributed by atoms with Crippen LogP contribution in [0.5, 0.6) is 5.75 Å². The summed E-state index contributed by atoms with van der Waals surface area (Å²) in [6.07, 6.45) is 1.68. The Kier molecular flexibility index (Phi) is 5.43. The highest BCUT2D eigenvalue weighted by atomic mass is 32.2. The average Bonchev–Trinajstić information content (AvgIpc) is 2.75. The molecular weight excluding hydrogens is 334 g/mol. The molecule has 2 rings (SSSR count). The Labute approximate surface area is 144 Å². The fraction of sp³-hybridized carbons (Fsp3) is 0.312. The molecule has 1 aromatic carbocycles. The lowest BCUT2D eigenvalue weighted by molar-refractivity contribution is -0.311. The molecule has 23 heavy (non-hydrogen) atoms. The van der Waals surface area contributed by atoms with E-state index in [2.05, 4.69) is 0 Å². The van der Waals surface area contributed by atoms with Gasteiger partial charge in [0.15, 0.2) is 0 Å². The highest BCUT2D eigenvalue weighted by Gasteiger charge is 2.38. The van der Waals surface area contributed by atoms with Gasteiger partial charge in [0.2, 0.25) is 0 Å². The molecule has 0 radical (unpaired) electrons. The van der Waals surface area contributed by atoms with Crippen LogP contribution in [-0.4, -0.2) is 34.2 Å². The van der Waals surface area contributed by atoms with Crippen LogP contribution in [0.1, 0.15) is 19.4 Å². The number of rotatable bonds is 5. The number of aliphatic carboxylic acids is 1. The van der Waals surface area contributed by atoms with Gasteiger partial charge in [0.25, 0.3) is 5.91 Å². The maximum absolute atomic E-state index is 12.6. The molecule has 1 saturated heterocycles. The van der Waals surface area contributed by atoms with Crippen LogP contribution < -0.4 is 9.84 Å². The molecule has 0 spiro atoms. The van der Waals surface area contributed by atoms with E-state index < -0.39 is 17.9 Å². The zero-order valence-electron chi connectivity index (χ0n) is 12.9. The van der Waals surface area contributed by atoms with E-state index in [1.165, 1.54) is 0 Å². The van der Waals surface area contributed by atoms with Crippen molar-refractivity contribution in [2.75, 3.05) is 7.11 Å². The topological polar surface area (TPSA) is 69.7 Å². The Hall–Kier alpha value is -1.86. The lowest BCUT2D eigenvalue weighted by Crippen LogP contribution is -2.52. The molecular formula is C16H16NO4S2-. The Bertz CT molecular complexity index is 684. The second-order valence-electron chi connectivity index (χ2n) is 5.34. The number of hydrogen-bond acceptors (Lipinski definition) is 6. The maximum Gasteiger partial charge on any atom is 0.266 e. The van der Waals surface area contributed by atoms with Gasteiger partial charge in [0.1, 0.15) is 10.1 Å². The van der Waals surface area contributed by atoms with E-state index >= 15 is 0 Å². The van der Waals surface area contributed by atoms with Gasteiger partial charge in [-0.05, 0) is 29.7 Å². The Morgan fingerprint density at radius 2 is 2.13 bits per heavy atom. The molecule has 1 fully saturated rings. The van der Waals surface area contributed by atoms with Gasteiger partial charge in [-0.3, -0.25) is 9.69 Å². The number of carboxylic acid groups (broad SMARTS) is 1. The van der Waals surface area contributed by atoms with Crippen molar-refractivity contribution in [3.8, 4) is 5.75 Å². The van der Waals surface area contributed by atoms with Gasteiger partial charge in [-0.2, -0.15) is 0 Å². The van der Waals surface area contributed by atoms with E-state index in [1.807, 2.05) is 12.1 Å². The van der Waals surface area contributed by atoms with Crippen molar-refractivity contribution < 1.29 is 19.4 Å². The minimum absolute atomic E-state index is 0.229. The normalized spacial score (nSPS) is 17.9. The molecule has 122 valence electrons. The number of benzene rings is 1. The number of thiocarbonyl (C=S) groups is 1. The smallest absolute Gasteiger partial charge is 0.266 e. The molecule has 1 amide bonds. The van der Waals surface area contributed by atoms with Crippen LogP contribution in [0.25, 0.3) is 6.08 Å². The second kappa shape index (κ2) is 7.14. The summed E-state index contributed by atoms with van der Waals surface area (Å²) in [5.41, 5.74) is 0.777. The van der Waals surface area contributed by atoms with E-state index in [0.29, 0.717) is 10.7 Å². The Morgan fingerprint density at radius 1 is 1.43 bits per heavy atom. The van der Waals surface area contributed by atoms with Gasteiger partial charge in [0.05, 0.1) is 24.0 Å². The van der Waals surface area contributed by atoms with Gasteiger partial charge < -0.3 is 14.6 Å². The summed E-state index contributed by atoms with van der Waals surface area (Å²) in [5.74, 6) is -1.35. The number of nitrogens with zero attached hydrogens (tertiary/aromatic N) is 1. The average molecular weight is 350 g/mol. The first-order valence-corrected chi connectivity index (χ1v) is 8.19. The molecule has 1 aliphatic rings. The third-order valence-corrected chi connectivity index (χ3v) is 4.70. The SMILES string of the molecule is COc1cccc(/C=C2\SC(=S)N([C@H](C(=O)[O-])C(C)C)C2=O)c1. The molecule has 0 bridgehead atoms. The molecule has 1 heterocycles. The van der Waals surface area contributed by atoms with E-state index in [4.69, 9.17) is 17.0 Å². The lowest BCUT2D eigenvalue weighted by atomic mass is 10.0. The van der Waals surface area contributed by atoms with Gasteiger partial charge in [-0.15, -0.1) is 0 Å². The summed E-state index contributed by atoms with van der Waals surface area (Å²) in [4.78, 5) is 25.4. The maximum atomic E-state index is 12.6. The molecule has 0 aromatic heterocycles. The summed E-state index contributed by atoms with van der Waals surface area (Å²) in [5, 5.41) is 11.4. The standard InChI is InChI=1S/C16H17NO4S2/c1-9(2)13(15(19)20)17-14(18)12(23-16(17)22)8-10-5-4-6-11(7-10)21-3/h4-9,13H,1-3H3,(H,19,20)/p-1/b12-8-/t13-/m0/s1. The van der Waals surface area contributed by atoms with Crippen molar-refractivity contribution in [2.24, 2.45) is 5.92 Å². The van der Waals surface area contributed by atoms with Gasteiger partial charge in [0, 0.05) is 0 Å². The van der Waals surface area contributed by atoms with Crippen molar-refractivity contribution in [1.82, 2.24) is 4.90 Å².